The van der Waals surface area contributed by atoms with Gasteiger partial charge < -0.3 is 14.8 Å². The van der Waals surface area contributed by atoms with E-state index in [1.54, 1.807) is 6.20 Å². The molecule has 0 aliphatic carbocycles. The number of nitrogens with zero attached hydrogens (tertiary/aromatic N) is 1. The summed E-state index contributed by atoms with van der Waals surface area (Å²) in [5, 5.41) is 4.45. The highest BCUT2D eigenvalue weighted by atomic mass is 16.5. The molecule has 1 heterocycles. The fourth-order valence-corrected chi connectivity index (χ4v) is 2.16. The molecule has 2 rings (SSSR count). The van der Waals surface area contributed by atoms with Gasteiger partial charge in [-0.15, -0.1) is 0 Å². The van der Waals surface area contributed by atoms with Gasteiger partial charge in [-0.3, -0.25) is 4.98 Å². The van der Waals surface area contributed by atoms with Gasteiger partial charge in [-0.2, -0.15) is 0 Å². The minimum absolute atomic E-state index is 0.666. The second-order valence-corrected chi connectivity index (χ2v) is 4.83. The van der Waals surface area contributed by atoms with E-state index in [0.29, 0.717) is 6.61 Å². The van der Waals surface area contributed by atoms with Crippen molar-refractivity contribution in [3.05, 3.63) is 36.5 Å². The molecule has 21 heavy (non-hydrogen) atoms. The Kier molecular flexibility index (Phi) is 6.98. The molecular formula is C17H24N2O2. The normalized spacial score (nSPS) is 10.9. The number of hydrogen-bond acceptors (Lipinski definition) is 4. The van der Waals surface area contributed by atoms with Crippen LogP contribution in [0, 0.1) is 0 Å². The van der Waals surface area contributed by atoms with Crippen LogP contribution >= 0.6 is 0 Å². The Labute approximate surface area is 126 Å². The summed E-state index contributed by atoms with van der Waals surface area (Å²) in [6.07, 6.45) is 4.05. The van der Waals surface area contributed by atoms with Gasteiger partial charge in [0.1, 0.15) is 12.4 Å². The number of fused-ring (bicyclic) bond motifs is 1. The van der Waals surface area contributed by atoms with E-state index in [0.717, 1.165) is 55.8 Å². The summed E-state index contributed by atoms with van der Waals surface area (Å²) in [5.41, 5.74) is 0.971. The second kappa shape index (κ2) is 9.32. The molecule has 0 aliphatic heterocycles. The van der Waals surface area contributed by atoms with Crippen molar-refractivity contribution in [1.29, 1.82) is 0 Å². The van der Waals surface area contributed by atoms with Gasteiger partial charge in [0.05, 0.1) is 5.52 Å². The lowest BCUT2D eigenvalue weighted by Gasteiger charge is -2.09. The van der Waals surface area contributed by atoms with Crippen molar-refractivity contribution in [3.63, 3.8) is 0 Å². The Morgan fingerprint density at radius 2 is 2.00 bits per heavy atom. The highest BCUT2D eigenvalue weighted by molar-refractivity contribution is 5.84. The summed E-state index contributed by atoms with van der Waals surface area (Å²) in [6, 6.07) is 9.95. The van der Waals surface area contributed by atoms with Crippen LogP contribution in [0.5, 0.6) is 5.75 Å². The number of pyridine rings is 1. The van der Waals surface area contributed by atoms with E-state index in [2.05, 4.69) is 10.3 Å². The fourth-order valence-electron chi connectivity index (χ4n) is 2.16. The van der Waals surface area contributed by atoms with E-state index in [1.807, 2.05) is 37.3 Å². The van der Waals surface area contributed by atoms with Crippen LogP contribution in [0.1, 0.15) is 19.8 Å². The SMILES string of the molecule is CCOCCCCNCCOc1cccc2ncccc12. The number of rotatable bonds is 10. The summed E-state index contributed by atoms with van der Waals surface area (Å²) in [6.45, 7) is 6.22. The van der Waals surface area contributed by atoms with E-state index < -0.39 is 0 Å². The van der Waals surface area contributed by atoms with Gasteiger partial charge in [0.2, 0.25) is 0 Å². The van der Waals surface area contributed by atoms with Crippen molar-refractivity contribution >= 4 is 10.9 Å². The van der Waals surface area contributed by atoms with Crippen molar-refractivity contribution in [2.75, 3.05) is 32.9 Å². The van der Waals surface area contributed by atoms with Gasteiger partial charge in [0.15, 0.2) is 0 Å². The predicted octanol–water partition coefficient (Wildman–Crippen LogP) is 3.02. The predicted molar refractivity (Wildman–Crippen MR) is 85.8 cm³/mol. The summed E-state index contributed by atoms with van der Waals surface area (Å²) < 4.78 is 11.1. The zero-order chi connectivity index (χ0) is 14.8. The van der Waals surface area contributed by atoms with Gasteiger partial charge in [0.25, 0.3) is 0 Å². The number of benzene rings is 1. The van der Waals surface area contributed by atoms with E-state index in [9.17, 15) is 0 Å². The lowest BCUT2D eigenvalue weighted by atomic mass is 10.2. The minimum atomic E-state index is 0.666. The third-order valence-corrected chi connectivity index (χ3v) is 3.24. The summed E-state index contributed by atoms with van der Waals surface area (Å²) in [4.78, 5) is 4.33. The maximum absolute atomic E-state index is 5.84. The first-order chi connectivity index (χ1) is 10.4. The van der Waals surface area contributed by atoms with Gasteiger partial charge in [-0.1, -0.05) is 6.07 Å². The molecule has 0 radical (unpaired) electrons. The monoisotopic (exact) mass is 288 g/mol. The number of nitrogens with one attached hydrogen (secondary N) is 1. The highest BCUT2D eigenvalue weighted by Crippen LogP contribution is 2.23. The Morgan fingerprint density at radius 3 is 2.90 bits per heavy atom. The second-order valence-electron chi connectivity index (χ2n) is 4.83. The van der Waals surface area contributed by atoms with E-state index in [1.165, 1.54) is 0 Å². The Bertz CT molecular complexity index is 526. The molecule has 0 atom stereocenters. The van der Waals surface area contributed by atoms with Crippen LogP contribution in [0.3, 0.4) is 0 Å². The molecule has 1 aromatic heterocycles. The van der Waals surface area contributed by atoms with Crippen molar-refractivity contribution in [2.45, 2.75) is 19.8 Å². The summed E-state index contributed by atoms with van der Waals surface area (Å²) >= 11 is 0. The van der Waals surface area contributed by atoms with Crippen molar-refractivity contribution in [1.82, 2.24) is 10.3 Å². The maximum atomic E-state index is 5.84. The molecule has 4 nitrogen and oxygen atoms in total. The van der Waals surface area contributed by atoms with Gasteiger partial charge >= 0.3 is 0 Å². The number of aromatic nitrogens is 1. The first-order valence-corrected chi connectivity index (χ1v) is 7.67. The third-order valence-electron chi connectivity index (χ3n) is 3.24. The quantitative estimate of drug-likeness (QED) is 0.683. The minimum Gasteiger partial charge on any atom is -0.492 e. The van der Waals surface area contributed by atoms with Gasteiger partial charge in [-0.25, -0.2) is 0 Å². The molecule has 0 unspecified atom stereocenters. The van der Waals surface area contributed by atoms with Crippen LogP contribution < -0.4 is 10.1 Å². The summed E-state index contributed by atoms with van der Waals surface area (Å²) in [7, 11) is 0. The first kappa shape index (κ1) is 15.7. The Morgan fingerprint density at radius 1 is 1.05 bits per heavy atom. The molecular weight excluding hydrogens is 264 g/mol. The molecule has 1 aromatic carbocycles. The average molecular weight is 288 g/mol. The average Bonchev–Trinajstić information content (AvgIpc) is 2.53. The number of unbranched alkanes of at least 4 members (excludes halogenated alkanes) is 1. The molecule has 0 amide bonds. The molecule has 0 spiro atoms. The lowest BCUT2D eigenvalue weighted by Crippen LogP contribution is -2.22. The smallest absolute Gasteiger partial charge is 0.128 e. The molecule has 0 bridgehead atoms. The molecule has 0 aliphatic rings. The highest BCUT2D eigenvalue weighted by Gasteiger charge is 2.01. The zero-order valence-corrected chi connectivity index (χ0v) is 12.7. The van der Waals surface area contributed by atoms with E-state index in [4.69, 9.17) is 9.47 Å². The molecule has 1 N–H and O–H groups in total. The molecule has 114 valence electrons. The van der Waals surface area contributed by atoms with Crippen LogP contribution in [0.4, 0.5) is 0 Å². The lowest BCUT2D eigenvalue weighted by molar-refractivity contribution is 0.143. The molecule has 0 saturated carbocycles. The molecule has 0 saturated heterocycles. The van der Waals surface area contributed by atoms with Crippen LogP contribution in [-0.2, 0) is 4.74 Å². The van der Waals surface area contributed by atoms with E-state index in [-0.39, 0.29) is 0 Å². The van der Waals surface area contributed by atoms with E-state index >= 15 is 0 Å². The van der Waals surface area contributed by atoms with Gasteiger partial charge in [-0.05, 0) is 50.6 Å². The maximum Gasteiger partial charge on any atom is 0.128 e. The van der Waals surface area contributed by atoms with Crippen molar-refractivity contribution < 1.29 is 9.47 Å². The molecule has 0 fully saturated rings. The van der Waals surface area contributed by atoms with Crippen LogP contribution in [0.25, 0.3) is 10.9 Å². The number of ether oxygens (including phenoxy) is 2. The van der Waals surface area contributed by atoms with Gasteiger partial charge in [0, 0.05) is 31.3 Å². The standard InChI is InChI=1S/C17H24N2O2/c1-2-20-13-4-3-10-18-12-14-21-17-9-5-8-16-15(17)7-6-11-19-16/h5-9,11,18H,2-4,10,12-14H2,1H3. The first-order valence-electron chi connectivity index (χ1n) is 7.67. The molecule has 2 aromatic rings. The van der Waals surface area contributed by atoms with Crippen molar-refractivity contribution in [2.24, 2.45) is 0 Å². The topological polar surface area (TPSA) is 43.4 Å². The Hall–Kier alpha value is -1.65. The largest absolute Gasteiger partial charge is 0.492 e. The summed E-state index contributed by atoms with van der Waals surface area (Å²) in [5.74, 6) is 0.902. The fraction of sp³-hybridized carbons (Fsp3) is 0.471. The van der Waals surface area contributed by atoms with Crippen LogP contribution in [0.2, 0.25) is 0 Å². The zero-order valence-electron chi connectivity index (χ0n) is 12.7. The van der Waals surface area contributed by atoms with Crippen LogP contribution in [0.15, 0.2) is 36.5 Å². The Balaban J connectivity index is 1.64. The molecule has 4 heteroatoms. The van der Waals surface area contributed by atoms with Crippen LogP contribution in [-0.4, -0.2) is 37.9 Å². The van der Waals surface area contributed by atoms with Crippen molar-refractivity contribution in [3.8, 4) is 5.75 Å². The third kappa shape index (κ3) is 5.33. The number of hydrogen-bond donors (Lipinski definition) is 1.